The molecule has 0 saturated carbocycles. The minimum absolute atomic E-state index is 0. The van der Waals surface area contributed by atoms with E-state index in [-0.39, 0.29) is 24.0 Å². The van der Waals surface area contributed by atoms with Gasteiger partial charge in [0.2, 0.25) is 0 Å². The van der Waals surface area contributed by atoms with Crippen LogP contribution in [0.15, 0.2) is 218 Å². The van der Waals surface area contributed by atoms with E-state index < -0.39 is 12.7 Å². The summed E-state index contributed by atoms with van der Waals surface area (Å²) in [7, 11) is -1.91. The molecule has 0 atom stereocenters. The van der Waals surface area contributed by atoms with Gasteiger partial charge in [-0.25, -0.2) is 0 Å². The van der Waals surface area contributed by atoms with Gasteiger partial charge in [-0.2, -0.15) is 0 Å². The zero-order valence-electron chi connectivity index (χ0n) is 33.6. The molecule has 304 valence electrons. The van der Waals surface area contributed by atoms with Crippen LogP contribution in [-0.2, 0) is 5.41 Å². The van der Waals surface area contributed by atoms with Gasteiger partial charge in [-0.1, -0.05) is 145 Å². The molecular formula is C57H36I5P. The van der Waals surface area contributed by atoms with Crippen molar-refractivity contribution in [1.82, 2.24) is 0 Å². The van der Waals surface area contributed by atoms with Crippen molar-refractivity contribution in [2.45, 2.75) is 5.41 Å². The molecule has 8 rings (SSSR count). The van der Waals surface area contributed by atoms with Gasteiger partial charge < -0.3 is 24.0 Å². The number of hydrogen-bond donors (Lipinski definition) is 0. The Hall–Kier alpha value is -3.92. The fourth-order valence-electron chi connectivity index (χ4n) is 7.93. The van der Waals surface area contributed by atoms with Crippen LogP contribution in [0, 0.1) is 39.4 Å². The van der Waals surface area contributed by atoms with Crippen LogP contribution in [0.1, 0.15) is 44.5 Å². The van der Waals surface area contributed by atoms with Crippen molar-refractivity contribution in [2.24, 2.45) is 0 Å². The summed E-state index contributed by atoms with van der Waals surface area (Å²) in [6.45, 7) is 0. The fraction of sp³-hybridized carbons (Fsp3) is 0.0175. The Balaban J connectivity index is 0.000000221. The molecule has 0 radical (unpaired) electrons. The molecule has 0 N–H and O–H groups in total. The summed E-state index contributed by atoms with van der Waals surface area (Å²) < 4.78 is 11.9. The van der Waals surface area contributed by atoms with E-state index in [2.05, 4.69) is 348 Å². The minimum Gasteiger partial charge on any atom is -1.00 e. The molecule has 8 aromatic rings. The second-order valence-corrected chi connectivity index (χ2v) is 19.5. The van der Waals surface area contributed by atoms with Crippen molar-refractivity contribution in [3.05, 3.63) is 263 Å². The van der Waals surface area contributed by atoms with Crippen LogP contribution in [0.3, 0.4) is 0 Å². The van der Waals surface area contributed by atoms with E-state index in [1.807, 2.05) is 0 Å². The highest BCUT2D eigenvalue weighted by Gasteiger charge is 2.47. The van der Waals surface area contributed by atoms with E-state index in [0.717, 1.165) is 44.5 Å². The molecule has 0 bridgehead atoms. The Kier molecular flexibility index (Phi) is 18.8. The zero-order chi connectivity index (χ0) is 43.0. The smallest absolute Gasteiger partial charge is 0.144 e. The second-order valence-electron chi connectivity index (χ2n) is 14.0. The molecule has 0 unspecified atom stereocenters. The van der Waals surface area contributed by atoms with E-state index in [9.17, 15) is 0 Å². The maximum absolute atomic E-state index is 3.16. The summed E-state index contributed by atoms with van der Waals surface area (Å²) in [6, 6.07) is 78.1. The van der Waals surface area contributed by atoms with Crippen LogP contribution in [0.4, 0.5) is 0 Å². The third kappa shape index (κ3) is 11.1. The first-order valence-electron chi connectivity index (χ1n) is 19.6. The number of benzene rings is 8. The predicted octanol–water partition coefficient (Wildman–Crippen LogP) is 10.4. The Morgan fingerprint density at radius 2 is 0.460 bits per heavy atom. The molecule has 6 heteroatoms. The van der Waals surface area contributed by atoms with Gasteiger partial charge >= 0.3 is 0 Å². The zero-order valence-corrected chi connectivity index (χ0v) is 45.3. The van der Waals surface area contributed by atoms with Gasteiger partial charge in [-0.05, 0) is 135 Å². The Morgan fingerprint density at radius 1 is 0.270 bits per heavy atom. The first-order valence-corrected chi connectivity index (χ1v) is 25.7. The topological polar surface area (TPSA) is 0 Å². The normalized spacial score (nSPS) is 10.2. The third-order valence-electron chi connectivity index (χ3n) is 10.6. The van der Waals surface area contributed by atoms with Crippen LogP contribution in [0.25, 0.3) is 0 Å². The molecule has 0 aliphatic carbocycles. The molecule has 8 aromatic carbocycles. The molecule has 63 heavy (non-hydrogen) atoms. The van der Waals surface area contributed by atoms with E-state index in [1.54, 1.807) is 0 Å². The third-order valence-corrected chi connectivity index (χ3v) is 16.0. The highest BCUT2D eigenvalue weighted by atomic mass is 127. The van der Waals surface area contributed by atoms with E-state index in [0.29, 0.717) is 0 Å². The molecule has 0 aliphatic rings. The van der Waals surface area contributed by atoms with Gasteiger partial charge in [0.05, 0.1) is 5.41 Å². The van der Waals surface area contributed by atoms with Gasteiger partial charge in [-0.3, -0.25) is 0 Å². The van der Waals surface area contributed by atoms with Crippen molar-refractivity contribution in [1.29, 1.82) is 0 Å². The summed E-state index contributed by atoms with van der Waals surface area (Å²) >= 11 is 8.31. The molecule has 0 saturated heterocycles. The lowest BCUT2D eigenvalue weighted by Gasteiger charge is -2.37. The molecule has 0 fully saturated rings. The largest absolute Gasteiger partial charge is 1.00 e. The summed E-state index contributed by atoms with van der Waals surface area (Å²) in [6.07, 6.45) is 0. The van der Waals surface area contributed by atoms with Crippen LogP contribution in [-0.4, -0.2) is 0 Å². The van der Waals surface area contributed by atoms with Crippen LogP contribution in [0.5, 0.6) is 0 Å². The maximum atomic E-state index is 3.16. The van der Waals surface area contributed by atoms with Crippen LogP contribution in [0.2, 0.25) is 0 Å². The number of hydrogen-bond acceptors (Lipinski definition) is 0. The van der Waals surface area contributed by atoms with Gasteiger partial charge in [0.15, 0.2) is 0 Å². The van der Waals surface area contributed by atoms with Crippen molar-refractivity contribution in [3.8, 4) is 39.4 Å². The Labute approximate surface area is 444 Å². The Bertz CT molecular complexity index is 2540. The first kappa shape index (κ1) is 48.5. The molecule has 0 aromatic heterocycles. The summed E-state index contributed by atoms with van der Waals surface area (Å²) in [5.41, 5.74) is 7.98. The lowest BCUT2D eigenvalue weighted by atomic mass is 9.65. The van der Waals surface area contributed by atoms with Crippen LogP contribution < -0.4 is 45.2 Å². The van der Waals surface area contributed by atoms with Gasteiger partial charge in [-0.15, -0.1) is 0 Å². The van der Waals surface area contributed by atoms with Crippen molar-refractivity contribution in [3.63, 3.8) is 0 Å². The summed E-state index contributed by atoms with van der Waals surface area (Å²) in [5, 5.41) is 5.55. The lowest BCUT2D eigenvalue weighted by molar-refractivity contribution is -0.0000111. The number of rotatable bonds is 8. The van der Waals surface area contributed by atoms with Crippen molar-refractivity contribution >= 4 is 119 Å². The first-order chi connectivity index (χ1) is 30.6. The molecular weight excluding hydrogens is 1350 g/mol. The average Bonchev–Trinajstić information content (AvgIpc) is 3.33. The van der Waals surface area contributed by atoms with E-state index in [1.165, 1.54) is 21.2 Å². The van der Waals surface area contributed by atoms with E-state index >= 15 is 0 Å². The molecule has 0 amide bonds. The quantitative estimate of drug-likeness (QED) is 0.0616. The maximum Gasteiger partial charge on any atom is 0.144 e. The predicted molar refractivity (Wildman–Crippen MR) is 300 cm³/mol. The SMILES string of the molecule is IC#Cc1ccc(C(c2ccc(C#CI)cc2)(c2ccc(C#CI)cc2)c2ccc(C#CI)cc2)cc1.[I-].c1ccc([P+](c2ccccc2)(c2ccccc2)c2ccccc2)cc1. The minimum atomic E-state index is -1.91. The van der Waals surface area contributed by atoms with Crippen LogP contribution >= 0.6 is 97.6 Å². The van der Waals surface area contributed by atoms with Crippen molar-refractivity contribution < 1.29 is 24.0 Å². The standard InChI is InChI=1S/C33H16I4.C24H20P.HI/c34-21-17-25-1-9-29(10-2-25)33(30-11-3-26(4-12-30)18-22-35,31-13-5-27(6-14-31)19-23-36)32-15-7-28(8-16-32)20-24-37;1-5-13-21(14-6-1)25(22-15-7-2-8-16-22,23-17-9-3-10-18-23)24-19-11-4-12-20-24;/h1-16H;1-20H;1H/q;+1;/p-1. The van der Waals surface area contributed by atoms with E-state index in [4.69, 9.17) is 0 Å². The monoisotopic (exact) mass is 1390 g/mol. The second kappa shape index (κ2) is 24.4. The van der Waals surface area contributed by atoms with Crippen molar-refractivity contribution in [2.75, 3.05) is 0 Å². The highest BCUT2D eigenvalue weighted by Crippen LogP contribution is 2.54. The van der Waals surface area contributed by atoms with Gasteiger partial charge in [0.1, 0.15) is 28.5 Å². The lowest BCUT2D eigenvalue weighted by Crippen LogP contribution is -3.00. The highest BCUT2D eigenvalue weighted by molar-refractivity contribution is 14.1. The molecule has 0 aliphatic heterocycles. The molecule has 0 spiro atoms. The molecule has 0 nitrogen and oxygen atoms in total. The number of halogens is 5. The fourth-order valence-corrected chi connectivity index (χ4v) is 13.4. The molecule has 0 heterocycles. The summed E-state index contributed by atoms with van der Waals surface area (Å²) in [4.78, 5) is 0. The Morgan fingerprint density at radius 3 is 0.635 bits per heavy atom. The van der Waals surface area contributed by atoms with Gasteiger partial charge in [0.25, 0.3) is 0 Å². The van der Waals surface area contributed by atoms with Gasteiger partial charge in [0, 0.05) is 113 Å². The summed E-state index contributed by atoms with van der Waals surface area (Å²) in [5.74, 6) is 12.6. The average molecular weight is 1390 g/mol.